The van der Waals surface area contributed by atoms with Crippen molar-refractivity contribution in [3.8, 4) is 5.75 Å². The van der Waals surface area contributed by atoms with E-state index in [4.69, 9.17) is 5.73 Å². The van der Waals surface area contributed by atoms with Gasteiger partial charge in [0.1, 0.15) is 5.75 Å². The van der Waals surface area contributed by atoms with Crippen molar-refractivity contribution in [2.75, 3.05) is 0 Å². The Morgan fingerprint density at radius 3 is 2.57 bits per heavy atom. The number of aryl methyl sites for hydroxylation is 2. The van der Waals surface area contributed by atoms with Crippen molar-refractivity contribution in [2.45, 2.75) is 38.6 Å². The van der Waals surface area contributed by atoms with Gasteiger partial charge in [-0.2, -0.15) is 0 Å². The Labute approximate surface area is 84.7 Å². The van der Waals surface area contributed by atoms with Crippen LogP contribution in [0.2, 0.25) is 0 Å². The molecule has 2 rings (SSSR count). The summed E-state index contributed by atoms with van der Waals surface area (Å²) in [6, 6.07) is 3.90. The van der Waals surface area contributed by atoms with Gasteiger partial charge in [0.05, 0.1) is 0 Å². The van der Waals surface area contributed by atoms with E-state index in [0.717, 1.165) is 30.4 Å². The third-order valence-corrected chi connectivity index (χ3v) is 3.13. The highest BCUT2D eigenvalue weighted by Crippen LogP contribution is 2.45. The second-order valence-electron chi connectivity index (χ2n) is 4.31. The predicted octanol–water partition coefficient (Wildman–Crippen LogP) is 2.21. The SMILES string of the molecule is CCc1cc(C2(N)CC2)c(C)cc1O. The number of phenolic OH excluding ortho intramolecular Hbond substituents is 1. The number of hydrogen-bond donors (Lipinski definition) is 2. The number of hydrogen-bond acceptors (Lipinski definition) is 2. The second-order valence-corrected chi connectivity index (χ2v) is 4.31. The first kappa shape index (κ1) is 9.53. The van der Waals surface area contributed by atoms with Crippen LogP contribution in [0.5, 0.6) is 5.75 Å². The molecule has 1 saturated carbocycles. The third kappa shape index (κ3) is 1.40. The molecule has 0 bridgehead atoms. The molecule has 0 atom stereocenters. The highest BCUT2D eigenvalue weighted by Gasteiger charge is 2.41. The largest absolute Gasteiger partial charge is 0.508 e. The van der Waals surface area contributed by atoms with Crippen molar-refractivity contribution in [3.05, 3.63) is 28.8 Å². The topological polar surface area (TPSA) is 46.2 Å². The lowest BCUT2D eigenvalue weighted by molar-refractivity contribution is 0.467. The zero-order valence-electron chi connectivity index (χ0n) is 8.80. The van der Waals surface area contributed by atoms with E-state index in [1.165, 1.54) is 5.56 Å². The van der Waals surface area contributed by atoms with Crippen LogP contribution in [-0.4, -0.2) is 5.11 Å². The van der Waals surface area contributed by atoms with Crippen LogP contribution in [0.4, 0.5) is 0 Å². The van der Waals surface area contributed by atoms with Crippen LogP contribution in [0.3, 0.4) is 0 Å². The van der Waals surface area contributed by atoms with E-state index >= 15 is 0 Å². The molecule has 0 amide bonds. The quantitative estimate of drug-likeness (QED) is 0.752. The molecule has 1 fully saturated rings. The molecule has 1 aliphatic rings. The number of rotatable bonds is 2. The van der Waals surface area contributed by atoms with Gasteiger partial charge in [0, 0.05) is 5.54 Å². The van der Waals surface area contributed by atoms with E-state index in [0.29, 0.717) is 5.75 Å². The van der Waals surface area contributed by atoms with Gasteiger partial charge in [0.15, 0.2) is 0 Å². The van der Waals surface area contributed by atoms with Crippen LogP contribution in [0.15, 0.2) is 12.1 Å². The zero-order valence-corrected chi connectivity index (χ0v) is 8.80. The fourth-order valence-corrected chi connectivity index (χ4v) is 1.96. The first-order chi connectivity index (χ1) is 6.57. The summed E-state index contributed by atoms with van der Waals surface area (Å²) < 4.78 is 0. The van der Waals surface area contributed by atoms with E-state index in [9.17, 15) is 5.11 Å². The Hall–Kier alpha value is -1.02. The standard InChI is InChI=1S/C12H17NO/c1-3-9-7-10(12(13)4-5-12)8(2)6-11(9)14/h6-7,14H,3-5,13H2,1-2H3. The summed E-state index contributed by atoms with van der Waals surface area (Å²) in [7, 11) is 0. The van der Waals surface area contributed by atoms with Gasteiger partial charge in [-0.3, -0.25) is 0 Å². The van der Waals surface area contributed by atoms with Gasteiger partial charge in [0.25, 0.3) is 0 Å². The van der Waals surface area contributed by atoms with E-state index in [-0.39, 0.29) is 5.54 Å². The monoisotopic (exact) mass is 191 g/mol. The highest BCUT2D eigenvalue weighted by atomic mass is 16.3. The lowest BCUT2D eigenvalue weighted by atomic mass is 9.96. The normalized spacial score (nSPS) is 18.2. The zero-order chi connectivity index (χ0) is 10.3. The smallest absolute Gasteiger partial charge is 0.119 e. The van der Waals surface area contributed by atoms with Crippen LogP contribution in [0, 0.1) is 6.92 Å². The maximum absolute atomic E-state index is 9.66. The molecule has 0 aliphatic heterocycles. The first-order valence-electron chi connectivity index (χ1n) is 5.18. The average molecular weight is 191 g/mol. The molecular weight excluding hydrogens is 174 g/mol. The first-order valence-corrected chi connectivity index (χ1v) is 5.18. The van der Waals surface area contributed by atoms with Crippen molar-refractivity contribution in [3.63, 3.8) is 0 Å². The molecule has 0 spiro atoms. The summed E-state index contributed by atoms with van der Waals surface area (Å²) in [6.45, 7) is 4.06. The van der Waals surface area contributed by atoms with Crippen molar-refractivity contribution in [2.24, 2.45) is 5.73 Å². The minimum atomic E-state index is -0.0955. The van der Waals surface area contributed by atoms with Gasteiger partial charge >= 0.3 is 0 Å². The molecule has 1 aliphatic carbocycles. The Morgan fingerprint density at radius 1 is 1.43 bits per heavy atom. The molecule has 2 nitrogen and oxygen atoms in total. The van der Waals surface area contributed by atoms with E-state index in [1.54, 1.807) is 0 Å². The predicted molar refractivity (Wildman–Crippen MR) is 57.3 cm³/mol. The Bertz CT molecular complexity index is 367. The second kappa shape index (κ2) is 2.99. The molecule has 3 N–H and O–H groups in total. The highest BCUT2D eigenvalue weighted by molar-refractivity contribution is 5.46. The minimum Gasteiger partial charge on any atom is -0.508 e. The molecule has 76 valence electrons. The lowest BCUT2D eigenvalue weighted by Gasteiger charge is -2.15. The number of benzene rings is 1. The molecule has 1 aromatic rings. The van der Waals surface area contributed by atoms with E-state index < -0.39 is 0 Å². The number of phenols is 1. The maximum Gasteiger partial charge on any atom is 0.119 e. The summed E-state index contributed by atoms with van der Waals surface area (Å²) in [4.78, 5) is 0. The summed E-state index contributed by atoms with van der Waals surface area (Å²) in [5.74, 6) is 0.401. The van der Waals surface area contributed by atoms with Crippen LogP contribution in [0.25, 0.3) is 0 Å². The van der Waals surface area contributed by atoms with Crippen molar-refractivity contribution in [1.29, 1.82) is 0 Å². The summed E-state index contributed by atoms with van der Waals surface area (Å²) >= 11 is 0. The van der Waals surface area contributed by atoms with Gasteiger partial charge in [0.2, 0.25) is 0 Å². The fraction of sp³-hybridized carbons (Fsp3) is 0.500. The molecule has 0 heterocycles. The van der Waals surface area contributed by atoms with Gasteiger partial charge in [-0.1, -0.05) is 13.0 Å². The van der Waals surface area contributed by atoms with Crippen LogP contribution in [-0.2, 0) is 12.0 Å². The lowest BCUT2D eigenvalue weighted by Crippen LogP contribution is -2.20. The third-order valence-electron chi connectivity index (χ3n) is 3.13. The van der Waals surface area contributed by atoms with Crippen LogP contribution < -0.4 is 5.73 Å². The van der Waals surface area contributed by atoms with Gasteiger partial charge in [-0.25, -0.2) is 0 Å². The summed E-state index contributed by atoms with van der Waals surface area (Å²) in [6.07, 6.45) is 3.00. The maximum atomic E-state index is 9.66. The van der Waals surface area contributed by atoms with Gasteiger partial charge in [-0.05, 0) is 48.9 Å². The minimum absolute atomic E-state index is 0.0955. The molecule has 0 saturated heterocycles. The van der Waals surface area contributed by atoms with Crippen molar-refractivity contribution < 1.29 is 5.11 Å². The molecule has 2 heteroatoms. The molecule has 0 unspecified atom stereocenters. The van der Waals surface area contributed by atoms with Crippen LogP contribution >= 0.6 is 0 Å². The Morgan fingerprint density at radius 2 is 2.07 bits per heavy atom. The Balaban J connectivity index is 2.50. The van der Waals surface area contributed by atoms with Crippen molar-refractivity contribution >= 4 is 0 Å². The van der Waals surface area contributed by atoms with E-state index in [1.807, 2.05) is 19.9 Å². The number of aromatic hydroxyl groups is 1. The fourth-order valence-electron chi connectivity index (χ4n) is 1.96. The van der Waals surface area contributed by atoms with Gasteiger partial charge < -0.3 is 10.8 Å². The van der Waals surface area contributed by atoms with E-state index in [2.05, 4.69) is 6.07 Å². The molecule has 1 aromatic carbocycles. The molecule has 0 aromatic heterocycles. The van der Waals surface area contributed by atoms with Crippen molar-refractivity contribution in [1.82, 2.24) is 0 Å². The number of nitrogens with two attached hydrogens (primary N) is 1. The average Bonchev–Trinajstić information content (AvgIpc) is 2.85. The van der Waals surface area contributed by atoms with Gasteiger partial charge in [-0.15, -0.1) is 0 Å². The molecule has 14 heavy (non-hydrogen) atoms. The molecular formula is C12H17NO. The van der Waals surface area contributed by atoms with Crippen LogP contribution in [0.1, 0.15) is 36.5 Å². The molecule has 0 radical (unpaired) electrons. The Kier molecular flexibility index (Phi) is 2.04. The summed E-state index contributed by atoms with van der Waals surface area (Å²) in [5, 5.41) is 9.66. The summed E-state index contributed by atoms with van der Waals surface area (Å²) in [5.41, 5.74) is 9.39.